The average Bonchev–Trinajstić information content (AvgIpc) is 3.11. The smallest absolute Gasteiger partial charge is 0.327 e. The van der Waals surface area contributed by atoms with Gasteiger partial charge in [0, 0.05) is 0 Å². The Kier molecular flexibility index (Phi) is 5.79. The Morgan fingerprint density at radius 2 is 2.30 bits per heavy atom. The number of nitrogens with zero attached hydrogens (tertiary/aromatic N) is 1. The summed E-state index contributed by atoms with van der Waals surface area (Å²) in [5, 5.41) is 9.45. The molecule has 2 rings (SSSR count). The van der Waals surface area contributed by atoms with Gasteiger partial charge in [-0.2, -0.15) is 0 Å². The van der Waals surface area contributed by atoms with Crippen molar-refractivity contribution < 1.29 is 19.1 Å². The van der Waals surface area contributed by atoms with Crippen molar-refractivity contribution in [2.24, 2.45) is 5.92 Å². The summed E-state index contributed by atoms with van der Waals surface area (Å²) in [6, 6.07) is 2.62. The molecule has 1 aromatic heterocycles. The van der Waals surface area contributed by atoms with Crippen LogP contribution in [0.1, 0.15) is 26.0 Å². The van der Waals surface area contributed by atoms with Gasteiger partial charge in [0.2, 0.25) is 0 Å². The van der Waals surface area contributed by atoms with Crippen LogP contribution < -0.4 is 0 Å². The number of carboxylic acids is 1. The zero-order chi connectivity index (χ0) is 17.0. The molecule has 1 fully saturated rings. The number of carbonyl (C=O) groups is 2. The molecule has 0 radical (unpaired) electrons. The number of amides is 1. The first kappa shape index (κ1) is 17.5. The molecular weight excluding hydrogens is 334 g/mol. The third-order valence-corrected chi connectivity index (χ3v) is 4.94. The Bertz CT molecular complexity index is 664. The van der Waals surface area contributed by atoms with E-state index in [1.54, 1.807) is 43.5 Å². The molecule has 5 nitrogen and oxygen atoms in total. The zero-order valence-electron chi connectivity index (χ0n) is 12.8. The van der Waals surface area contributed by atoms with Crippen molar-refractivity contribution in [3.05, 3.63) is 41.2 Å². The molecule has 122 valence electrons. The number of rotatable bonds is 6. The van der Waals surface area contributed by atoms with Crippen LogP contribution in [-0.2, 0) is 9.59 Å². The first-order valence-corrected chi connectivity index (χ1v) is 8.38. The molecule has 1 aliphatic rings. The Labute approximate surface area is 144 Å². The standard InChI is InChI=1S/C16H17NO4S2/c1-3-10(2)13(15(19)20)17-14(18)12(23-16(17)22)8-4-6-11-7-5-9-21-11/h4-10,13H,3H2,1-2H3,(H,19,20)/b6-4+,12-8-/t10-,13-/m0/s1. The minimum atomic E-state index is -1.04. The van der Waals surface area contributed by atoms with Gasteiger partial charge in [0.25, 0.3) is 5.91 Å². The maximum absolute atomic E-state index is 12.5. The lowest BCUT2D eigenvalue weighted by Gasteiger charge is -2.27. The van der Waals surface area contributed by atoms with E-state index < -0.39 is 12.0 Å². The number of allylic oxidation sites excluding steroid dienone is 2. The van der Waals surface area contributed by atoms with E-state index in [0.29, 0.717) is 17.1 Å². The van der Waals surface area contributed by atoms with Gasteiger partial charge in [0.15, 0.2) is 0 Å². The average molecular weight is 351 g/mol. The lowest BCUT2D eigenvalue weighted by molar-refractivity contribution is -0.147. The van der Waals surface area contributed by atoms with E-state index in [-0.39, 0.29) is 16.1 Å². The van der Waals surface area contributed by atoms with E-state index in [0.717, 1.165) is 11.8 Å². The number of hydrogen-bond acceptors (Lipinski definition) is 5. The molecule has 0 spiro atoms. The van der Waals surface area contributed by atoms with Gasteiger partial charge in [0.1, 0.15) is 16.1 Å². The van der Waals surface area contributed by atoms with Crippen LogP contribution in [0.4, 0.5) is 0 Å². The van der Waals surface area contributed by atoms with Crippen molar-refractivity contribution in [1.29, 1.82) is 0 Å². The number of carbonyl (C=O) groups excluding carboxylic acids is 1. The van der Waals surface area contributed by atoms with Gasteiger partial charge in [-0.25, -0.2) is 4.79 Å². The summed E-state index contributed by atoms with van der Waals surface area (Å²) in [6.45, 7) is 3.69. The Hall–Kier alpha value is -1.86. The molecule has 1 aliphatic heterocycles. The quantitative estimate of drug-likeness (QED) is 0.624. The van der Waals surface area contributed by atoms with Crippen LogP contribution in [0.5, 0.6) is 0 Å². The van der Waals surface area contributed by atoms with Crippen LogP contribution in [-0.4, -0.2) is 32.2 Å². The monoisotopic (exact) mass is 351 g/mol. The van der Waals surface area contributed by atoms with Crippen molar-refractivity contribution in [3.8, 4) is 0 Å². The number of thiocarbonyl (C=S) groups is 1. The van der Waals surface area contributed by atoms with E-state index in [4.69, 9.17) is 16.6 Å². The van der Waals surface area contributed by atoms with Crippen LogP contribution >= 0.6 is 24.0 Å². The van der Waals surface area contributed by atoms with E-state index in [1.165, 1.54) is 4.90 Å². The largest absolute Gasteiger partial charge is 0.480 e. The summed E-state index contributed by atoms with van der Waals surface area (Å²) >= 11 is 6.33. The predicted octanol–water partition coefficient (Wildman–Crippen LogP) is 3.54. The molecule has 1 N–H and O–H groups in total. The summed E-state index contributed by atoms with van der Waals surface area (Å²) in [7, 11) is 0. The lowest BCUT2D eigenvalue weighted by Crippen LogP contribution is -2.47. The maximum Gasteiger partial charge on any atom is 0.327 e. The zero-order valence-corrected chi connectivity index (χ0v) is 14.4. The van der Waals surface area contributed by atoms with Crippen molar-refractivity contribution in [3.63, 3.8) is 0 Å². The number of carboxylic acid groups (broad SMARTS) is 1. The molecule has 0 saturated carbocycles. The lowest BCUT2D eigenvalue weighted by atomic mass is 9.98. The predicted molar refractivity (Wildman–Crippen MR) is 93.7 cm³/mol. The Morgan fingerprint density at radius 1 is 1.57 bits per heavy atom. The van der Waals surface area contributed by atoms with Crippen molar-refractivity contribution in [2.45, 2.75) is 26.3 Å². The van der Waals surface area contributed by atoms with Gasteiger partial charge in [0.05, 0.1) is 11.2 Å². The Balaban J connectivity index is 2.20. The van der Waals surface area contributed by atoms with Crippen molar-refractivity contribution in [2.75, 3.05) is 0 Å². The minimum absolute atomic E-state index is 0.187. The highest BCUT2D eigenvalue weighted by Gasteiger charge is 2.42. The molecular formula is C16H17NO4S2. The number of aliphatic carboxylic acids is 1. The fourth-order valence-corrected chi connectivity index (χ4v) is 3.46. The SMILES string of the molecule is CC[C@H](C)[C@@H](C(=O)O)N1C(=O)/C(=C/C=C/c2ccco2)SC1=S. The van der Waals surface area contributed by atoms with Gasteiger partial charge in [-0.15, -0.1) is 0 Å². The first-order chi connectivity index (χ1) is 11.0. The molecule has 1 saturated heterocycles. The first-order valence-electron chi connectivity index (χ1n) is 7.15. The van der Waals surface area contributed by atoms with Crippen LogP contribution in [0.15, 0.2) is 39.9 Å². The molecule has 7 heteroatoms. The summed E-state index contributed by atoms with van der Waals surface area (Å²) in [5.41, 5.74) is 0. The van der Waals surface area contributed by atoms with Crippen LogP contribution in [0.2, 0.25) is 0 Å². The molecule has 0 unspecified atom stereocenters. The third-order valence-electron chi connectivity index (χ3n) is 3.59. The van der Waals surface area contributed by atoms with Crippen molar-refractivity contribution >= 4 is 46.3 Å². The normalized spacial score (nSPS) is 19.7. The van der Waals surface area contributed by atoms with E-state index >= 15 is 0 Å². The fraction of sp³-hybridized carbons (Fsp3) is 0.312. The number of thioether (sulfide) groups is 1. The highest BCUT2D eigenvalue weighted by atomic mass is 32.2. The second kappa shape index (κ2) is 7.61. The molecule has 2 atom stereocenters. The van der Waals surface area contributed by atoms with Gasteiger partial charge in [-0.1, -0.05) is 50.3 Å². The van der Waals surface area contributed by atoms with Gasteiger partial charge >= 0.3 is 5.97 Å². The van der Waals surface area contributed by atoms with Gasteiger partial charge in [-0.05, 0) is 30.2 Å². The number of furan rings is 1. The van der Waals surface area contributed by atoms with Crippen LogP contribution in [0, 0.1) is 5.92 Å². The molecule has 0 aromatic carbocycles. The van der Waals surface area contributed by atoms with Gasteiger partial charge in [-0.3, -0.25) is 9.69 Å². The van der Waals surface area contributed by atoms with E-state index in [2.05, 4.69) is 0 Å². The molecule has 0 aliphatic carbocycles. The van der Waals surface area contributed by atoms with Crippen LogP contribution in [0.25, 0.3) is 6.08 Å². The number of hydrogen-bond donors (Lipinski definition) is 1. The molecule has 1 aromatic rings. The van der Waals surface area contributed by atoms with Gasteiger partial charge < -0.3 is 9.52 Å². The Morgan fingerprint density at radius 3 is 2.87 bits per heavy atom. The second-order valence-corrected chi connectivity index (χ2v) is 6.79. The molecule has 23 heavy (non-hydrogen) atoms. The fourth-order valence-electron chi connectivity index (χ4n) is 2.18. The highest BCUT2D eigenvalue weighted by Crippen LogP contribution is 2.34. The third kappa shape index (κ3) is 3.92. The summed E-state index contributed by atoms with van der Waals surface area (Å²) < 4.78 is 5.44. The van der Waals surface area contributed by atoms with Crippen LogP contribution in [0.3, 0.4) is 0 Å². The van der Waals surface area contributed by atoms with E-state index in [9.17, 15) is 14.7 Å². The molecule has 2 heterocycles. The summed E-state index contributed by atoms with van der Waals surface area (Å²) in [5.74, 6) is -0.924. The summed E-state index contributed by atoms with van der Waals surface area (Å²) in [4.78, 5) is 25.7. The summed E-state index contributed by atoms with van der Waals surface area (Å²) in [6.07, 6.45) is 7.23. The minimum Gasteiger partial charge on any atom is -0.480 e. The second-order valence-electron chi connectivity index (χ2n) is 5.12. The maximum atomic E-state index is 12.5. The topological polar surface area (TPSA) is 70.8 Å². The van der Waals surface area contributed by atoms with Crippen molar-refractivity contribution in [1.82, 2.24) is 4.90 Å². The highest BCUT2D eigenvalue weighted by molar-refractivity contribution is 8.26. The molecule has 1 amide bonds. The molecule has 0 bridgehead atoms. The van der Waals surface area contributed by atoms with E-state index in [1.807, 2.05) is 6.92 Å².